The molecule has 0 spiro atoms. The molecule has 1 aromatic carbocycles. The number of unbranched alkanes of at least 4 members (excludes halogenated alkanes) is 7. The van der Waals surface area contributed by atoms with Crippen LogP contribution in [0.25, 0.3) is 0 Å². The second kappa shape index (κ2) is 13.9. The van der Waals surface area contributed by atoms with Gasteiger partial charge in [0, 0.05) is 18.8 Å². The summed E-state index contributed by atoms with van der Waals surface area (Å²) in [6.45, 7) is 8.98. The zero-order valence-corrected chi connectivity index (χ0v) is 15.8. The van der Waals surface area contributed by atoms with Crippen LogP contribution in [0.5, 0.6) is 0 Å². The van der Waals surface area contributed by atoms with Gasteiger partial charge in [-0.05, 0) is 38.3 Å². The van der Waals surface area contributed by atoms with E-state index in [1.54, 1.807) is 0 Å². The Bertz CT molecular complexity index is 360. The molecule has 0 unspecified atom stereocenters. The van der Waals surface area contributed by atoms with Crippen molar-refractivity contribution in [3.63, 3.8) is 0 Å². The van der Waals surface area contributed by atoms with E-state index in [0.717, 1.165) is 13.1 Å². The Labute approximate surface area is 144 Å². The van der Waals surface area contributed by atoms with Gasteiger partial charge in [0.2, 0.25) is 0 Å². The van der Waals surface area contributed by atoms with Gasteiger partial charge in [-0.1, -0.05) is 70.1 Å². The fourth-order valence-electron chi connectivity index (χ4n) is 3.04. The summed E-state index contributed by atoms with van der Waals surface area (Å²) in [7, 11) is 0. The predicted molar refractivity (Wildman–Crippen MR) is 104 cm³/mol. The fourth-order valence-corrected chi connectivity index (χ4v) is 3.04. The molecular weight excluding hydrogens is 290 g/mol. The average molecular weight is 326 g/mol. The quantitative estimate of drug-likeness (QED) is 0.389. The van der Waals surface area contributed by atoms with Crippen LogP contribution in [0, 0.1) is 0 Å². The lowest BCUT2D eigenvalue weighted by atomic mass is 10.0. The molecule has 0 saturated heterocycles. The number of para-hydroxylation sites is 1. The molecule has 0 fully saturated rings. The van der Waals surface area contributed by atoms with Crippen molar-refractivity contribution in [1.29, 1.82) is 0 Å². The number of aryl methyl sites for hydroxylation is 1. The van der Waals surface area contributed by atoms with Gasteiger partial charge in [0.05, 0.1) is 0 Å². The Hall–Kier alpha value is -0.690. The lowest BCUT2D eigenvalue weighted by molar-refractivity contribution is 0.575. The highest BCUT2D eigenvalue weighted by Gasteiger charge is 2.07. The summed E-state index contributed by atoms with van der Waals surface area (Å²) < 4.78 is 0. The molecule has 0 aliphatic carbocycles. The van der Waals surface area contributed by atoms with E-state index in [0.29, 0.717) is 0 Å². The second-order valence-electron chi connectivity index (χ2n) is 6.03. The van der Waals surface area contributed by atoms with E-state index < -0.39 is 0 Å². The SMILES string of the molecule is CCCCCCCCCCc1ccccc1N(CC)CC.Cl. The average Bonchev–Trinajstić information content (AvgIpc) is 2.52. The number of hydrogen-bond donors (Lipinski definition) is 0. The van der Waals surface area contributed by atoms with Crippen molar-refractivity contribution in [3.8, 4) is 0 Å². The molecule has 2 heteroatoms. The maximum absolute atomic E-state index is 2.47. The van der Waals surface area contributed by atoms with Crippen LogP contribution in [0.2, 0.25) is 0 Å². The van der Waals surface area contributed by atoms with Crippen LogP contribution in [0.1, 0.15) is 77.7 Å². The highest BCUT2D eigenvalue weighted by molar-refractivity contribution is 5.85. The standard InChI is InChI=1S/C20H35N.ClH/c1-4-7-8-9-10-11-12-13-16-19-17-14-15-18-20(19)21(5-2)6-3;/h14-15,17-18H,4-13,16H2,1-3H3;1H. The van der Waals surface area contributed by atoms with E-state index >= 15 is 0 Å². The molecule has 0 aliphatic rings. The van der Waals surface area contributed by atoms with Crippen molar-refractivity contribution in [2.75, 3.05) is 18.0 Å². The van der Waals surface area contributed by atoms with E-state index in [1.165, 1.54) is 69.0 Å². The second-order valence-corrected chi connectivity index (χ2v) is 6.03. The number of benzene rings is 1. The van der Waals surface area contributed by atoms with Crippen LogP contribution in [-0.2, 0) is 6.42 Å². The van der Waals surface area contributed by atoms with Crippen LogP contribution in [0.3, 0.4) is 0 Å². The highest BCUT2D eigenvalue weighted by atomic mass is 35.5. The Kier molecular flexibility index (Phi) is 13.5. The minimum atomic E-state index is 0. The first-order chi connectivity index (χ1) is 10.3. The van der Waals surface area contributed by atoms with Crippen LogP contribution in [-0.4, -0.2) is 13.1 Å². The van der Waals surface area contributed by atoms with Crippen molar-refractivity contribution in [3.05, 3.63) is 29.8 Å². The molecule has 0 amide bonds. The molecule has 128 valence electrons. The van der Waals surface area contributed by atoms with E-state index in [1.807, 2.05) is 0 Å². The van der Waals surface area contributed by atoms with Crippen LogP contribution in [0.15, 0.2) is 24.3 Å². The van der Waals surface area contributed by atoms with E-state index in [-0.39, 0.29) is 12.4 Å². The maximum atomic E-state index is 2.47. The summed E-state index contributed by atoms with van der Waals surface area (Å²) in [5, 5.41) is 0. The number of hydrogen-bond acceptors (Lipinski definition) is 1. The predicted octanol–water partition coefficient (Wildman–Crippen LogP) is 6.64. The molecular formula is C20H36ClN. The molecule has 1 aromatic rings. The number of halogens is 1. The summed E-state index contributed by atoms with van der Waals surface area (Å²) in [5.74, 6) is 0. The first kappa shape index (κ1) is 21.3. The topological polar surface area (TPSA) is 3.24 Å². The maximum Gasteiger partial charge on any atom is 0.0398 e. The molecule has 0 bridgehead atoms. The Morgan fingerprint density at radius 3 is 1.86 bits per heavy atom. The van der Waals surface area contributed by atoms with Crippen molar-refractivity contribution in [2.24, 2.45) is 0 Å². The molecule has 0 N–H and O–H groups in total. The van der Waals surface area contributed by atoms with Gasteiger partial charge in [-0.3, -0.25) is 0 Å². The zero-order valence-electron chi connectivity index (χ0n) is 14.9. The van der Waals surface area contributed by atoms with Gasteiger partial charge in [0.25, 0.3) is 0 Å². The van der Waals surface area contributed by atoms with Crippen molar-refractivity contribution in [1.82, 2.24) is 0 Å². The van der Waals surface area contributed by atoms with Crippen molar-refractivity contribution in [2.45, 2.75) is 78.6 Å². The minimum Gasteiger partial charge on any atom is -0.372 e. The van der Waals surface area contributed by atoms with Gasteiger partial charge in [-0.15, -0.1) is 12.4 Å². The number of rotatable bonds is 12. The van der Waals surface area contributed by atoms with Gasteiger partial charge in [-0.25, -0.2) is 0 Å². The first-order valence-corrected chi connectivity index (χ1v) is 9.16. The van der Waals surface area contributed by atoms with E-state index in [4.69, 9.17) is 0 Å². The third kappa shape index (κ3) is 8.08. The molecule has 22 heavy (non-hydrogen) atoms. The third-order valence-corrected chi connectivity index (χ3v) is 4.40. The monoisotopic (exact) mass is 325 g/mol. The largest absolute Gasteiger partial charge is 0.372 e. The van der Waals surface area contributed by atoms with Gasteiger partial charge in [-0.2, -0.15) is 0 Å². The fraction of sp³-hybridized carbons (Fsp3) is 0.700. The molecule has 1 rings (SSSR count). The van der Waals surface area contributed by atoms with Crippen molar-refractivity contribution >= 4 is 18.1 Å². The summed E-state index contributed by atoms with van der Waals surface area (Å²) in [6.07, 6.45) is 12.4. The Morgan fingerprint density at radius 2 is 1.27 bits per heavy atom. The van der Waals surface area contributed by atoms with Crippen LogP contribution < -0.4 is 4.90 Å². The Morgan fingerprint density at radius 1 is 0.727 bits per heavy atom. The van der Waals surface area contributed by atoms with E-state index in [2.05, 4.69) is 49.9 Å². The smallest absolute Gasteiger partial charge is 0.0398 e. The summed E-state index contributed by atoms with van der Waals surface area (Å²) >= 11 is 0. The zero-order chi connectivity index (χ0) is 15.3. The van der Waals surface area contributed by atoms with Gasteiger partial charge >= 0.3 is 0 Å². The molecule has 0 saturated carbocycles. The molecule has 0 radical (unpaired) electrons. The van der Waals surface area contributed by atoms with Gasteiger partial charge in [0.1, 0.15) is 0 Å². The minimum absolute atomic E-state index is 0. The van der Waals surface area contributed by atoms with Crippen LogP contribution >= 0.6 is 12.4 Å². The van der Waals surface area contributed by atoms with Crippen molar-refractivity contribution < 1.29 is 0 Å². The lowest BCUT2D eigenvalue weighted by Crippen LogP contribution is -2.23. The summed E-state index contributed by atoms with van der Waals surface area (Å²) in [6, 6.07) is 8.96. The van der Waals surface area contributed by atoms with Crippen LogP contribution in [0.4, 0.5) is 5.69 Å². The third-order valence-electron chi connectivity index (χ3n) is 4.40. The van der Waals surface area contributed by atoms with Gasteiger partial charge < -0.3 is 4.90 Å². The normalized spacial score (nSPS) is 10.3. The number of nitrogens with zero attached hydrogens (tertiary/aromatic N) is 1. The van der Waals surface area contributed by atoms with Gasteiger partial charge in [0.15, 0.2) is 0 Å². The number of anilines is 1. The van der Waals surface area contributed by atoms with E-state index in [9.17, 15) is 0 Å². The molecule has 1 nitrogen and oxygen atoms in total. The summed E-state index contributed by atoms with van der Waals surface area (Å²) in [5.41, 5.74) is 2.98. The molecule has 0 aliphatic heterocycles. The first-order valence-electron chi connectivity index (χ1n) is 9.16. The molecule has 0 heterocycles. The lowest BCUT2D eigenvalue weighted by Gasteiger charge is -2.24. The Balaban J connectivity index is 0.00000441. The molecule has 0 atom stereocenters. The summed E-state index contributed by atoms with van der Waals surface area (Å²) in [4.78, 5) is 2.47. The molecule has 0 aromatic heterocycles. The highest BCUT2D eigenvalue weighted by Crippen LogP contribution is 2.22.